The molecule has 26 heavy (non-hydrogen) atoms. The molecule has 1 amide bonds. The third-order valence-electron chi connectivity index (χ3n) is 4.98. The molecule has 3 rings (SSSR count). The molecule has 0 aromatic carbocycles. The van der Waals surface area contributed by atoms with Crippen molar-refractivity contribution in [3.05, 3.63) is 12.7 Å². The van der Waals surface area contributed by atoms with Gasteiger partial charge in [-0.1, -0.05) is 0 Å². The largest absolute Gasteiger partial charge is 0.481 e. The van der Waals surface area contributed by atoms with Crippen LogP contribution >= 0.6 is 0 Å². The number of amides is 1. The Kier molecular flexibility index (Phi) is 5.03. The number of hydrogen-bond donors (Lipinski definition) is 3. The SMILES string of the molecule is CN(C(=O)CCC(=O)O)[C@H]1CCC[C@H](n2cnc3c(N)ncnc32)[C@H]1O. The number of fused-ring (bicyclic) bond motifs is 1. The maximum absolute atomic E-state index is 12.2. The number of nitrogen functional groups attached to an aromatic ring is 1. The number of aliphatic hydroxyl groups excluding tert-OH is 1. The van der Waals surface area contributed by atoms with Crippen molar-refractivity contribution in [2.45, 2.75) is 50.3 Å². The zero-order chi connectivity index (χ0) is 18.8. The molecule has 0 radical (unpaired) electrons. The summed E-state index contributed by atoms with van der Waals surface area (Å²) in [6.07, 6.45) is 3.97. The first-order chi connectivity index (χ1) is 12.4. The highest BCUT2D eigenvalue weighted by Crippen LogP contribution is 2.33. The number of carboxylic acids is 1. The highest BCUT2D eigenvalue weighted by atomic mass is 16.4. The zero-order valence-corrected chi connectivity index (χ0v) is 14.4. The molecular formula is C16H22N6O4. The molecule has 10 nitrogen and oxygen atoms in total. The van der Waals surface area contributed by atoms with E-state index < -0.39 is 18.1 Å². The van der Waals surface area contributed by atoms with Crippen LogP contribution in [0.2, 0.25) is 0 Å². The second-order valence-corrected chi connectivity index (χ2v) is 6.54. The van der Waals surface area contributed by atoms with Crippen LogP contribution < -0.4 is 5.73 Å². The van der Waals surface area contributed by atoms with Gasteiger partial charge in [-0.15, -0.1) is 0 Å². The van der Waals surface area contributed by atoms with Crippen LogP contribution in [0.15, 0.2) is 12.7 Å². The number of rotatable bonds is 5. The molecule has 0 unspecified atom stereocenters. The van der Waals surface area contributed by atoms with Gasteiger partial charge in [0, 0.05) is 13.5 Å². The van der Waals surface area contributed by atoms with E-state index in [9.17, 15) is 14.7 Å². The summed E-state index contributed by atoms with van der Waals surface area (Å²) in [6, 6.07) is -0.700. The topological polar surface area (TPSA) is 147 Å². The van der Waals surface area contributed by atoms with Crippen molar-refractivity contribution in [1.82, 2.24) is 24.4 Å². The Labute approximate surface area is 149 Å². The summed E-state index contributed by atoms with van der Waals surface area (Å²) in [5.74, 6) is -1.04. The number of aliphatic carboxylic acids is 1. The van der Waals surface area contributed by atoms with Crippen LogP contribution in [0.1, 0.15) is 38.1 Å². The normalized spacial score (nSPS) is 23.1. The van der Waals surface area contributed by atoms with Gasteiger partial charge in [-0.05, 0) is 19.3 Å². The van der Waals surface area contributed by atoms with Crippen LogP contribution in [0, 0.1) is 0 Å². The first kappa shape index (κ1) is 18.1. The number of imidazole rings is 1. The lowest BCUT2D eigenvalue weighted by Gasteiger charge is -2.40. The summed E-state index contributed by atoms with van der Waals surface area (Å²) < 4.78 is 1.78. The van der Waals surface area contributed by atoms with E-state index in [0.29, 0.717) is 24.0 Å². The molecule has 1 aliphatic rings. The van der Waals surface area contributed by atoms with E-state index >= 15 is 0 Å². The van der Waals surface area contributed by atoms with Gasteiger partial charge >= 0.3 is 5.97 Å². The van der Waals surface area contributed by atoms with E-state index in [-0.39, 0.29) is 30.6 Å². The number of hydrogen-bond acceptors (Lipinski definition) is 7. The van der Waals surface area contributed by atoms with E-state index in [2.05, 4.69) is 15.0 Å². The smallest absolute Gasteiger partial charge is 0.303 e. The van der Waals surface area contributed by atoms with Gasteiger partial charge in [0.05, 0.1) is 30.9 Å². The van der Waals surface area contributed by atoms with Gasteiger partial charge in [-0.25, -0.2) is 15.0 Å². The first-order valence-electron chi connectivity index (χ1n) is 8.48. The van der Waals surface area contributed by atoms with Crippen molar-refractivity contribution >= 4 is 28.9 Å². The molecular weight excluding hydrogens is 340 g/mol. The maximum Gasteiger partial charge on any atom is 0.303 e. The van der Waals surface area contributed by atoms with Crippen LogP contribution in [0.5, 0.6) is 0 Å². The molecule has 10 heteroatoms. The number of nitrogens with zero attached hydrogens (tertiary/aromatic N) is 5. The Morgan fingerprint density at radius 2 is 2.08 bits per heavy atom. The van der Waals surface area contributed by atoms with Gasteiger partial charge in [0.25, 0.3) is 0 Å². The molecule has 1 saturated carbocycles. The van der Waals surface area contributed by atoms with Crippen LogP contribution in [-0.2, 0) is 9.59 Å². The quantitative estimate of drug-likeness (QED) is 0.682. The molecule has 1 fully saturated rings. The molecule has 2 aromatic rings. The fourth-order valence-electron chi connectivity index (χ4n) is 3.55. The Morgan fingerprint density at radius 3 is 2.81 bits per heavy atom. The van der Waals surface area contributed by atoms with Crippen molar-refractivity contribution in [3.8, 4) is 0 Å². The average molecular weight is 362 g/mol. The number of anilines is 1. The number of carboxylic acid groups (broad SMARTS) is 1. The Balaban J connectivity index is 1.81. The third-order valence-corrected chi connectivity index (χ3v) is 4.98. The van der Waals surface area contributed by atoms with Gasteiger partial charge in [-0.3, -0.25) is 9.59 Å². The second-order valence-electron chi connectivity index (χ2n) is 6.54. The highest BCUT2D eigenvalue weighted by Gasteiger charge is 2.37. The lowest BCUT2D eigenvalue weighted by Crippen LogP contribution is -2.50. The molecule has 1 aliphatic carbocycles. The predicted molar refractivity (Wildman–Crippen MR) is 92.1 cm³/mol. The molecule has 0 bridgehead atoms. The zero-order valence-electron chi connectivity index (χ0n) is 14.4. The summed E-state index contributed by atoms with van der Waals surface area (Å²) in [5.41, 5.74) is 6.84. The number of carbonyl (C=O) groups excluding carboxylic acids is 1. The number of nitrogens with two attached hydrogens (primary N) is 1. The molecule has 4 N–H and O–H groups in total. The summed E-state index contributed by atoms with van der Waals surface area (Å²) in [5, 5.41) is 19.6. The van der Waals surface area contributed by atoms with E-state index in [1.807, 2.05) is 0 Å². The van der Waals surface area contributed by atoms with Crippen LogP contribution in [0.25, 0.3) is 11.2 Å². The molecule has 0 aliphatic heterocycles. The van der Waals surface area contributed by atoms with E-state index in [0.717, 1.165) is 6.42 Å². The van der Waals surface area contributed by atoms with Crippen molar-refractivity contribution in [3.63, 3.8) is 0 Å². The molecule has 2 heterocycles. The molecule has 0 spiro atoms. The van der Waals surface area contributed by atoms with Crippen molar-refractivity contribution < 1.29 is 19.8 Å². The van der Waals surface area contributed by atoms with Crippen LogP contribution in [0.4, 0.5) is 5.82 Å². The van der Waals surface area contributed by atoms with Gasteiger partial charge in [0.2, 0.25) is 5.91 Å². The number of aliphatic hydroxyl groups is 1. The Hall–Kier alpha value is -2.75. The fraction of sp³-hybridized carbons (Fsp3) is 0.562. The van der Waals surface area contributed by atoms with Gasteiger partial charge < -0.3 is 25.4 Å². The highest BCUT2D eigenvalue weighted by molar-refractivity contribution is 5.81. The number of likely N-dealkylation sites (N-methyl/N-ethyl adjacent to an activating group) is 1. The summed E-state index contributed by atoms with van der Waals surface area (Å²) in [7, 11) is 1.60. The lowest BCUT2D eigenvalue weighted by molar-refractivity contribution is -0.142. The minimum Gasteiger partial charge on any atom is -0.481 e. The van der Waals surface area contributed by atoms with Crippen molar-refractivity contribution in [2.24, 2.45) is 0 Å². The molecule has 0 saturated heterocycles. The third kappa shape index (κ3) is 3.32. The lowest BCUT2D eigenvalue weighted by atomic mass is 9.87. The molecule has 3 atom stereocenters. The van der Waals surface area contributed by atoms with Gasteiger partial charge in [-0.2, -0.15) is 0 Å². The standard InChI is InChI=1S/C16H22N6O4/c1-21(11(23)5-6-12(24)25)9-3-2-4-10(14(9)26)22-8-20-13-15(17)18-7-19-16(13)22/h7-10,14,26H,2-6H2,1H3,(H,24,25)(H2,17,18,19)/t9-,10-,14-/m0/s1. The fourth-order valence-corrected chi connectivity index (χ4v) is 3.55. The number of aromatic nitrogens is 4. The van der Waals surface area contributed by atoms with E-state index in [1.165, 1.54) is 11.2 Å². The Morgan fingerprint density at radius 1 is 1.31 bits per heavy atom. The molecule has 2 aromatic heterocycles. The minimum atomic E-state index is -1.02. The van der Waals surface area contributed by atoms with E-state index in [4.69, 9.17) is 10.8 Å². The van der Waals surface area contributed by atoms with Crippen LogP contribution in [0.3, 0.4) is 0 Å². The summed E-state index contributed by atoms with van der Waals surface area (Å²) in [4.78, 5) is 36.7. The average Bonchev–Trinajstić information content (AvgIpc) is 3.04. The summed E-state index contributed by atoms with van der Waals surface area (Å²) in [6.45, 7) is 0. The minimum absolute atomic E-state index is 0.0858. The predicted octanol–water partition coefficient (Wildman–Crippen LogP) is 0.186. The van der Waals surface area contributed by atoms with Gasteiger partial charge in [0.1, 0.15) is 11.8 Å². The van der Waals surface area contributed by atoms with Crippen molar-refractivity contribution in [2.75, 3.05) is 12.8 Å². The Bertz CT molecular complexity index is 822. The first-order valence-corrected chi connectivity index (χ1v) is 8.48. The van der Waals surface area contributed by atoms with Crippen molar-refractivity contribution in [1.29, 1.82) is 0 Å². The monoisotopic (exact) mass is 362 g/mol. The van der Waals surface area contributed by atoms with Gasteiger partial charge in [0.15, 0.2) is 11.5 Å². The second kappa shape index (κ2) is 7.24. The van der Waals surface area contributed by atoms with Crippen LogP contribution in [-0.4, -0.2) is 65.7 Å². The molecule has 140 valence electrons. The van der Waals surface area contributed by atoms with E-state index in [1.54, 1.807) is 17.9 Å². The maximum atomic E-state index is 12.2. The summed E-state index contributed by atoms with van der Waals surface area (Å²) >= 11 is 0. The number of carbonyl (C=O) groups is 2.